The summed E-state index contributed by atoms with van der Waals surface area (Å²) in [4.78, 5) is 12.8. The number of hydrogen-bond acceptors (Lipinski definition) is 2. The number of rotatable bonds is 1. The van der Waals surface area contributed by atoms with Gasteiger partial charge in [0.25, 0.3) is 0 Å². The second-order valence-electron chi connectivity index (χ2n) is 5.94. The molecule has 2 heterocycles. The molecule has 2 aromatic rings. The largest absolute Gasteiger partial charge is 0.325 e. The molecule has 1 spiro atoms. The first-order chi connectivity index (χ1) is 11.0. The zero-order valence-corrected chi connectivity index (χ0v) is 13.5. The number of carbonyl (C=O) groups is 1. The topological polar surface area (TPSA) is 41.1 Å². The molecule has 0 saturated carbocycles. The van der Waals surface area contributed by atoms with Gasteiger partial charge in [0.05, 0.1) is 10.4 Å². The maximum atomic E-state index is 14.5. The normalized spacial score (nSPS) is 25.7. The van der Waals surface area contributed by atoms with Crippen LogP contribution in [0.25, 0.3) is 0 Å². The Balaban J connectivity index is 1.91. The van der Waals surface area contributed by atoms with E-state index in [2.05, 4.69) is 10.6 Å². The Morgan fingerprint density at radius 2 is 2.04 bits per heavy atom. The first kappa shape index (κ1) is 14.9. The summed E-state index contributed by atoms with van der Waals surface area (Å²) < 4.78 is 14.5. The Bertz CT molecular complexity index is 826. The molecule has 0 bridgehead atoms. The predicted molar refractivity (Wildman–Crippen MR) is 88.8 cm³/mol. The molecule has 2 unspecified atom stereocenters. The van der Waals surface area contributed by atoms with E-state index in [9.17, 15) is 9.18 Å². The highest BCUT2D eigenvalue weighted by atomic mass is 35.5. The quantitative estimate of drug-likeness (QED) is 0.823. The van der Waals surface area contributed by atoms with Crippen LogP contribution in [0, 0.1) is 5.82 Å². The Kier molecular flexibility index (Phi) is 3.38. The van der Waals surface area contributed by atoms with Crippen LogP contribution in [0.15, 0.2) is 36.4 Å². The zero-order chi connectivity index (χ0) is 16.2. The summed E-state index contributed by atoms with van der Waals surface area (Å²) in [7, 11) is 0. The number of nitrogens with one attached hydrogen (secondary N) is 2. The lowest BCUT2D eigenvalue weighted by Gasteiger charge is -2.29. The molecule has 3 nitrogen and oxygen atoms in total. The molecule has 0 aliphatic carbocycles. The summed E-state index contributed by atoms with van der Waals surface area (Å²) in [5.41, 5.74) is 1.16. The minimum atomic E-state index is -0.842. The molecule has 23 heavy (non-hydrogen) atoms. The van der Waals surface area contributed by atoms with Gasteiger partial charge < -0.3 is 10.6 Å². The summed E-state index contributed by atoms with van der Waals surface area (Å²) >= 11 is 12.0. The van der Waals surface area contributed by atoms with Crippen LogP contribution in [0.1, 0.15) is 17.0 Å². The molecule has 2 N–H and O–H groups in total. The Morgan fingerprint density at radius 3 is 2.87 bits per heavy atom. The number of fused-ring (bicyclic) bond motifs is 2. The molecule has 4 rings (SSSR count). The van der Waals surface area contributed by atoms with E-state index < -0.39 is 11.2 Å². The molecule has 118 valence electrons. The van der Waals surface area contributed by atoms with E-state index in [4.69, 9.17) is 23.2 Å². The van der Waals surface area contributed by atoms with Crippen molar-refractivity contribution in [2.24, 2.45) is 0 Å². The van der Waals surface area contributed by atoms with Crippen molar-refractivity contribution in [2.75, 3.05) is 18.4 Å². The van der Waals surface area contributed by atoms with Crippen LogP contribution in [0.2, 0.25) is 10.0 Å². The molecule has 1 saturated heterocycles. The summed E-state index contributed by atoms with van der Waals surface area (Å²) in [5.74, 6) is -0.926. The second kappa shape index (κ2) is 5.20. The number of benzene rings is 2. The van der Waals surface area contributed by atoms with E-state index in [1.807, 2.05) is 6.07 Å². The lowest BCUT2D eigenvalue weighted by molar-refractivity contribution is -0.120. The van der Waals surface area contributed by atoms with E-state index in [1.165, 1.54) is 6.07 Å². The standard InChI is InChI=1S/C17H13Cl2FN2O/c18-9-4-5-11-14(6-9)22-16(23)17(11)8-21-7-12(17)10-2-1-3-13(19)15(10)20/h1-6,12,21H,7-8H2,(H,22,23). The summed E-state index contributed by atoms with van der Waals surface area (Å²) in [6.07, 6.45) is 0. The first-order valence-electron chi connectivity index (χ1n) is 7.30. The van der Waals surface area contributed by atoms with Crippen molar-refractivity contribution in [1.82, 2.24) is 5.32 Å². The van der Waals surface area contributed by atoms with Crippen molar-refractivity contribution in [3.8, 4) is 0 Å². The molecule has 1 fully saturated rings. The SMILES string of the molecule is O=C1Nc2cc(Cl)ccc2C12CNCC2c1cccc(Cl)c1F. The third kappa shape index (κ3) is 2.02. The average Bonchev–Trinajstić information content (AvgIpc) is 3.06. The van der Waals surface area contributed by atoms with Crippen molar-refractivity contribution in [3.63, 3.8) is 0 Å². The average molecular weight is 351 g/mol. The van der Waals surface area contributed by atoms with Gasteiger partial charge in [0.1, 0.15) is 5.82 Å². The lowest BCUT2D eigenvalue weighted by atomic mass is 9.70. The van der Waals surface area contributed by atoms with Crippen LogP contribution in [-0.2, 0) is 10.2 Å². The maximum Gasteiger partial charge on any atom is 0.237 e. The van der Waals surface area contributed by atoms with Gasteiger partial charge in [0.2, 0.25) is 5.91 Å². The zero-order valence-electron chi connectivity index (χ0n) is 12.0. The second-order valence-corrected chi connectivity index (χ2v) is 6.79. The number of halogens is 3. The molecule has 2 aromatic carbocycles. The van der Waals surface area contributed by atoms with Crippen LogP contribution < -0.4 is 10.6 Å². The summed E-state index contributed by atoms with van der Waals surface area (Å²) in [5, 5.41) is 6.74. The van der Waals surface area contributed by atoms with Crippen LogP contribution in [0.5, 0.6) is 0 Å². The number of amides is 1. The minimum absolute atomic E-state index is 0.0688. The fraction of sp³-hybridized carbons (Fsp3) is 0.235. The van der Waals surface area contributed by atoms with Crippen molar-refractivity contribution < 1.29 is 9.18 Å². The minimum Gasteiger partial charge on any atom is -0.325 e. The van der Waals surface area contributed by atoms with Crippen LogP contribution in [0.3, 0.4) is 0 Å². The number of anilines is 1. The van der Waals surface area contributed by atoms with Crippen molar-refractivity contribution >= 4 is 34.8 Å². The molecule has 2 aliphatic rings. The fourth-order valence-electron chi connectivity index (χ4n) is 3.76. The van der Waals surface area contributed by atoms with Crippen molar-refractivity contribution in [3.05, 3.63) is 63.4 Å². The van der Waals surface area contributed by atoms with Gasteiger partial charge in [-0.15, -0.1) is 0 Å². The molecule has 1 amide bonds. The molecule has 6 heteroatoms. The van der Waals surface area contributed by atoms with Gasteiger partial charge in [-0.05, 0) is 29.3 Å². The third-order valence-corrected chi connectivity index (χ3v) is 5.35. The van der Waals surface area contributed by atoms with E-state index in [1.54, 1.807) is 24.3 Å². The highest BCUT2D eigenvalue weighted by molar-refractivity contribution is 6.31. The van der Waals surface area contributed by atoms with E-state index in [0.29, 0.717) is 29.4 Å². The first-order valence-corrected chi connectivity index (χ1v) is 8.06. The Morgan fingerprint density at radius 1 is 1.22 bits per heavy atom. The molecular formula is C17H13Cl2FN2O. The van der Waals surface area contributed by atoms with Crippen LogP contribution in [0.4, 0.5) is 10.1 Å². The molecular weight excluding hydrogens is 338 g/mol. The van der Waals surface area contributed by atoms with Crippen LogP contribution >= 0.6 is 23.2 Å². The maximum absolute atomic E-state index is 14.5. The smallest absolute Gasteiger partial charge is 0.237 e. The van der Waals surface area contributed by atoms with E-state index in [0.717, 1.165) is 5.56 Å². The van der Waals surface area contributed by atoms with Crippen LogP contribution in [-0.4, -0.2) is 19.0 Å². The summed E-state index contributed by atoms with van der Waals surface area (Å²) in [6, 6.07) is 10.2. The van der Waals surface area contributed by atoms with Gasteiger partial charge in [-0.25, -0.2) is 4.39 Å². The number of hydrogen-bond donors (Lipinski definition) is 2. The fourth-order valence-corrected chi connectivity index (χ4v) is 4.12. The van der Waals surface area contributed by atoms with Crippen molar-refractivity contribution in [1.29, 1.82) is 0 Å². The Hall–Kier alpha value is -1.62. The van der Waals surface area contributed by atoms with Crippen molar-refractivity contribution in [2.45, 2.75) is 11.3 Å². The highest BCUT2D eigenvalue weighted by Crippen LogP contribution is 2.50. The van der Waals surface area contributed by atoms with E-state index >= 15 is 0 Å². The molecule has 2 aliphatic heterocycles. The van der Waals surface area contributed by atoms with Gasteiger partial charge >= 0.3 is 0 Å². The predicted octanol–water partition coefficient (Wildman–Crippen LogP) is 3.71. The lowest BCUT2D eigenvalue weighted by Crippen LogP contribution is -2.41. The third-order valence-electron chi connectivity index (χ3n) is 4.82. The van der Waals surface area contributed by atoms with E-state index in [-0.39, 0.29) is 16.8 Å². The summed E-state index contributed by atoms with van der Waals surface area (Å²) in [6.45, 7) is 0.955. The van der Waals surface area contributed by atoms with Gasteiger partial charge in [-0.2, -0.15) is 0 Å². The highest BCUT2D eigenvalue weighted by Gasteiger charge is 2.56. The van der Waals surface area contributed by atoms with Gasteiger partial charge in [0.15, 0.2) is 0 Å². The molecule has 0 radical (unpaired) electrons. The molecule has 0 aromatic heterocycles. The monoisotopic (exact) mass is 350 g/mol. The molecule has 2 atom stereocenters. The van der Waals surface area contributed by atoms with Gasteiger partial charge in [-0.3, -0.25) is 4.79 Å². The van der Waals surface area contributed by atoms with Gasteiger partial charge in [-0.1, -0.05) is 41.4 Å². The Labute approximate surface area is 142 Å². The number of carbonyl (C=O) groups excluding carboxylic acids is 1. The van der Waals surface area contributed by atoms with Gasteiger partial charge in [0, 0.05) is 29.7 Å².